The van der Waals surface area contributed by atoms with Gasteiger partial charge in [-0.25, -0.2) is 4.79 Å². The lowest BCUT2D eigenvalue weighted by Crippen LogP contribution is -2.06. The number of rotatable bonds is 4. The van der Waals surface area contributed by atoms with E-state index in [4.69, 9.17) is 9.47 Å². The Labute approximate surface area is 128 Å². The first-order chi connectivity index (χ1) is 10.4. The van der Waals surface area contributed by atoms with Gasteiger partial charge in [0.2, 0.25) is 5.75 Å². The van der Waals surface area contributed by atoms with Gasteiger partial charge in [-0.3, -0.25) is 0 Å². The van der Waals surface area contributed by atoms with Gasteiger partial charge in [0.05, 0.1) is 14.2 Å². The van der Waals surface area contributed by atoms with Crippen LogP contribution in [0.15, 0.2) is 24.3 Å². The molecule has 0 radical (unpaired) electrons. The normalized spacial score (nSPS) is 10.4. The third-order valence-electron chi connectivity index (χ3n) is 3.56. The SMILES string of the molecule is COc1c(O)c(C(=O)O)c(C)c(-c2cccc(C)c2)c1OC. The molecule has 2 aromatic rings. The van der Waals surface area contributed by atoms with Crippen molar-refractivity contribution >= 4 is 5.97 Å². The van der Waals surface area contributed by atoms with Gasteiger partial charge in [-0.05, 0) is 25.0 Å². The minimum atomic E-state index is -1.22. The molecule has 22 heavy (non-hydrogen) atoms. The van der Waals surface area contributed by atoms with E-state index in [-0.39, 0.29) is 11.3 Å². The molecule has 0 aliphatic carbocycles. The molecule has 2 N–H and O–H groups in total. The number of carboxylic acid groups (broad SMARTS) is 1. The number of methoxy groups -OCH3 is 2. The van der Waals surface area contributed by atoms with Crippen LogP contribution in [0, 0.1) is 13.8 Å². The molecule has 0 heterocycles. The molecule has 0 bridgehead atoms. The predicted molar refractivity (Wildman–Crippen MR) is 83.1 cm³/mol. The zero-order valence-corrected chi connectivity index (χ0v) is 12.9. The van der Waals surface area contributed by atoms with E-state index in [1.54, 1.807) is 6.92 Å². The number of phenols is 1. The number of hydrogen-bond acceptors (Lipinski definition) is 4. The standard InChI is InChI=1S/C17H18O5/c1-9-6-5-7-11(8-9)12-10(2)13(17(19)20)14(18)16(22-4)15(12)21-3/h5-8,18H,1-4H3,(H,19,20). The Hall–Kier alpha value is -2.69. The lowest BCUT2D eigenvalue weighted by atomic mass is 9.93. The van der Waals surface area contributed by atoms with E-state index in [0.29, 0.717) is 16.9 Å². The summed E-state index contributed by atoms with van der Waals surface area (Å²) < 4.78 is 10.5. The van der Waals surface area contributed by atoms with Crippen LogP contribution in [-0.2, 0) is 0 Å². The fourth-order valence-electron chi connectivity index (χ4n) is 2.60. The minimum absolute atomic E-state index is 0.0157. The molecule has 0 saturated carbocycles. The second-order valence-corrected chi connectivity index (χ2v) is 4.96. The maximum atomic E-state index is 11.5. The predicted octanol–water partition coefficient (Wildman–Crippen LogP) is 3.39. The van der Waals surface area contributed by atoms with Gasteiger partial charge < -0.3 is 19.7 Å². The van der Waals surface area contributed by atoms with E-state index >= 15 is 0 Å². The topological polar surface area (TPSA) is 76.0 Å². The van der Waals surface area contributed by atoms with Crippen LogP contribution >= 0.6 is 0 Å². The molecule has 116 valence electrons. The van der Waals surface area contributed by atoms with Crippen molar-refractivity contribution in [1.82, 2.24) is 0 Å². The summed E-state index contributed by atoms with van der Waals surface area (Å²) in [6, 6.07) is 7.61. The first kappa shape index (κ1) is 15.7. The molecule has 0 saturated heterocycles. The molecule has 5 nitrogen and oxygen atoms in total. The van der Waals surface area contributed by atoms with E-state index in [9.17, 15) is 15.0 Å². The van der Waals surface area contributed by atoms with E-state index in [2.05, 4.69) is 0 Å². The van der Waals surface area contributed by atoms with Crippen molar-refractivity contribution < 1.29 is 24.5 Å². The third-order valence-corrected chi connectivity index (χ3v) is 3.56. The van der Waals surface area contributed by atoms with Gasteiger partial charge in [0.15, 0.2) is 11.5 Å². The fraction of sp³-hybridized carbons (Fsp3) is 0.235. The van der Waals surface area contributed by atoms with Gasteiger partial charge in [0.25, 0.3) is 0 Å². The Morgan fingerprint density at radius 1 is 1.09 bits per heavy atom. The highest BCUT2D eigenvalue weighted by atomic mass is 16.5. The number of benzene rings is 2. The Morgan fingerprint density at radius 3 is 2.23 bits per heavy atom. The van der Waals surface area contributed by atoms with E-state index < -0.39 is 11.7 Å². The number of ether oxygens (including phenoxy) is 2. The van der Waals surface area contributed by atoms with Gasteiger partial charge in [0, 0.05) is 5.56 Å². The maximum Gasteiger partial charge on any atom is 0.339 e. The molecule has 0 amide bonds. The van der Waals surface area contributed by atoms with Crippen LogP contribution < -0.4 is 9.47 Å². The van der Waals surface area contributed by atoms with Crippen LogP contribution in [0.1, 0.15) is 21.5 Å². The van der Waals surface area contributed by atoms with Crippen LogP contribution in [0.2, 0.25) is 0 Å². The Morgan fingerprint density at radius 2 is 1.73 bits per heavy atom. The van der Waals surface area contributed by atoms with Crippen LogP contribution in [0.4, 0.5) is 0 Å². The number of hydrogen-bond donors (Lipinski definition) is 2. The highest BCUT2D eigenvalue weighted by Gasteiger charge is 2.27. The van der Waals surface area contributed by atoms with Crippen molar-refractivity contribution in [2.24, 2.45) is 0 Å². The van der Waals surface area contributed by atoms with Gasteiger partial charge in [-0.2, -0.15) is 0 Å². The molecule has 0 fully saturated rings. The number of aromatic hydroxyl groups is 1. The van der Waals surface area contributed by atoms with Crippen LogP contribution in [0.25, 0.3) is 11.1 Å². The molecule has 2 rings (SSSR count). The first-order valence-electron chi connectivity index (χ1n) is 6.70. The Bertz CT molecular complexity index is 734. The second-order valence-electron chi connectivity index (χ2n) is 4.96. The molecule has 0 atom stereocenters. The third kappa shape index (κ3) is 2.45. The molecular formula is C17H18O5. The van der Waals surface area contributed by atoms with Crippen molar-refractivity contribution in [3.63, 3.8) is 0 Å². The minimum Gasteiger partial charge on any atom is -0.504 e. The Balaban J connectivity index is 2.93. The van der Waals surface area contributed by atoms with Crippen molar-refractivity contribution in [3.8, 4) is 28.4 Å². The molecule has 0 spiro atoms. The molecule has 0 aliphatic heterocycles. The summed E-state index contributed by atoms with van der Waals surface area (Å²) in [5.74, 6) is -1.32. The lowest BCUT2D eigenvalue weighted by Gasteiger charge is -2.19. The second kappa shape index (κ2) is 5.97. The van der Waals surface area contributed by atoms with Gasteiger partial charge in [-0.1, -0.05) is 29.8 Å². The first-order valence-corrected chi connectivity index (χ1v) is 6.70. The maximum absolute atomic E-state index is 11.5. The van der Waals surface area contributed by atoms with Crippen molar-refractivity contribution in [2.45, 2.75) is 13.8 Å². The highest BCUT2D eigenvalue weighted by Crippen LogP contribution is 2.48. The molecule has 5 heteroatoms. The quantitative estimate of drug-likeness (QED) is 0.905. The van der Waals surface area contributed by atoms with Crippen LogP contribution in [0.5, 0.6) is 17.2 Å². The summed E-state index contributed by atoms with van der Waals surface area (Å²) in [5, 5.41) is 19.6. The zero-order chi connectivity index (χ0) is 16.4. The zero-order valence-electron chi connectivity index (χ0n) is 12.9. The van der Waals surface area contributed by atoms with Gasteiger partial charge in [-0.15, -0.1) is 0 Å². The van der Waals surface area contributed by atoms with E-state index in [1.807, 2.05) is 31.2 Å². The summed E-state index contributed by atoms with van der Waals surface area (Å²) >= 11 is 0. The number of carbonyl (C=O) groups is 1. The monoisotopic (exact) mass is 302 g/mol. The molecular weight excluding hydrogens is 284 g/mol. The molecule has 0 aliphatic rings. The smallest absolute Gasteiger partial charge is 0.339 e. The largest absolute Gasteiger partial charge is 0.504 e. The van der Waals surface area contributed by atoms with E-state index in [0.717, 1.165) is 11.1 Å². The summed E-state index contributed by atoms with van der Waals surface area (Å²) in [6.45, 7) is 3.59. The van der Waals surface area contributed by atoms with Gasteiger partial charge in [0.1, 0.15) is 5.56 Å². The fourth-order valence-corrected chi connectivity index (χ4v) is 2.60. The van der Waals surface area contributed by atoms with Gasteiger partial charge >= 0.3 is 5.97 Å². The summed E-state index contributed by atoms with van der Waals surface area (Å²) in [6.07, 6.45) is 0. The van der Waals surface area contributed by atoms with Crippen molar-refractivity contribution in [1.29, 1.82) is 0 Å². The van der Waals surface area contributed by atoms with E-state index in [1.165, 1.54) is 14.2 Å². The van der Waals surface area contributed by atoms with Crippen molar-refractivity contribution in [2.75, 3.05) is 14.2 Å². The molecule has 0 aromatic heterocycles. The average molecular weight is 302 g/mol. The number of aromatic carboxylic acids is 1. The summed E-state index contributed by atoms with van der Waals surface area (Å²) in [7, 11) is 2.81. The molecule has 2 aromatic carbocycles. The van der Waals surface area contributed by atoms with Crippen molar-refractivity contribution in [3.05, 3.63) is 41.0 Å². The summed E-state index contributed by atoms with van der Waals surface area (Å²) in [5.41, 5.74) is 2.67. The molecule has 0 unspecified atom stereocenters. The highest BCUT2D eigenvalue weighted by molar-refractivity contribution is 5.98. The number of carboxylic acids is 1. The number of aryl methyl sites for hydroxylation is 1. The summed E-state index contributed by atoms with van der Waals surface area (Å²) in [4.78, 5) is 11.5. The van der Waals surface area contributed by atoms with Crippen LogP contribution in [0.3, 0.4) is 0 Å². The van der Waals surface area contributed by atoms with Crippen LogP contribution in [-0.4, -0.2) is 30.4 Å². The lowest BCUT2D eigenvalue weighted by molar-refractivity contribution is 0.0692. The average Bonchev–Trinajstić information content (AvgIpc) is 2.46. The Kier molecular flexibility index (Phi) is 4.26.